The Labute approximate surface area is 117 Å². The van der Waals surface area contributed by atoms with Gasteiger partial charge in [-0.2, -0.15) is 10.1 Å². The molecule has 1 atom stereocenters. The first kappa shape index (κ1) is 14.0. The van der Waals surface area contributed by atoms with Gasteiger partial charge >= 0.3 is 12.1 Å². The van der Waals surface area contributed by atoms with Crippen molar-refractivity contribution < 1.29 is 19.1 Å². The summed E-state index contributed by atoms with van der Waals surface area (Å²) in [5, 5.41) is 4.89. The zero-order valence-corrected chi connectivity index (χ0v) is 11.2. The average Bonchev–Trinajstić information content (AvgIpc) is 2.96. The number of amides is 1. The maximum Gasteiger partial charge on any atom is 0.431 e. The Morgan fingerprint density at radius 3 is 2.75 bits per heavy atom. The maximum absolute atomic E-state index is 11.9. The van der Waals surface area contributed by atoms with Gasteiger partial charge in [0.05, 0.1) is 6.61 Å². The van der Waals surface area contributed by atoms with E-state index in [9.17, 15) is 9.59 Å². The second-order valence-corrected chi connectivity index (χ2v) is 4.19. The van der Waals surface area contributed by atoms with Crippen molar-refractivity contribution in [3.05, 3.63) is 35.9 Å². The summed E-state index contributed by atoms with van der Waals surface area (Å²) in [7, 11) is 0. The van der Waals surface area contributed by atoms with Crippen molar-refractivity contribution in [1.29, 1.82) is 0 Å². The fourth-order valence-electron chi connectivity index (χ4n) is 1.81. The molecular weight excluding hydrogens is 260 g/mol. The summed E-state index contributed by atoms with van der Waals surface area (Å²) in [6.45, 7) is 2.12. The summed E-state index contributed by atoms with van der Waals surface area (Å²) in [4.78, 5) is 23.6. The Hall–Kier alpha value is -2.37. The molecule has 1 aromatic carbocycles. The van der Waals surface area contributed by atoms with Crippen molar-refractivity contribution >= 4 is 18.3 Å². The third kappa shape index (κ3) is 3.34. The highest BCUT2D eigenvalue weighted by molar-refractivity contribution is 5.86. The van der Waals surface area contributed by atoms with Gasteiger partial charge in [0.1, 0.15) is 6.61 Å². The number of rotatable bonds is 4. The minimum Gasteiger partial charge on any atom is -0.464 e. The first-order valence-corrected chi connectivity index (χ1v) is 6.41. The zero-order chi connectivity index (χ0) is 14.4. The van der Waals surface area contributed by atoms with Crippen LogP contribution in [0.1, 0.15) is 18.9 Å². The van der Waals surface area contributed by atoms with E-state index in [-0.39, 0.29) is 13.2 Å². The molecule has 1 heterocycles. The van der Waals surface area contributed by atoms with Gasteiger partial charge in [-0.3, -0.25) is 0 Å². The molecule has 0 spiro atoms. The van der Waals surface area contributed by atoms with Gasteiger partial charge < -0.3 is 9.47 Å². The van der Waals surface area contributed by atoms with E-state index in [1.54, 1.807) is 6.92 Å². The topological polar surface area (TPSA) is 68.2 Å². The Morgan fingerprint density at radius 1 is 1.30 bits per heavy atom. The number of hydrogen-bond acceptors (Lipinski definition) is 5. The predicted octanol–water partition coefficient (Wildman–Crippen LogP) is 1.95. The molecule has 0 saturated heterocycles. The van der Waals surface area contributed by atoms with Crippen molar-refractivity contribution in [2.75, 3.05) is 6.61 Å². The van der Waals surface area contributed by atoms with Crippen molar-refractivity contribution in [3.63, 3.8) is 0 Å². The highest BCUT2D eigenvalue weighted by Gasteiger charge is 2.34. The largest absolute Gasteiger partial charge is 0.464 e. The summed E-state index contributed by atoms with van der Waals surface area (Å²) < 4.78 is 10.0. The van der Waals surface area contributed by atoms with Crippen LogP contribution in [0.3, 0.4) is 0 Å². The molecule has 0 aliphatic carbocycles. The van der Waals surface area contributed by atoms with E-state index in [1.165, 1.54) is 6.21 Å². The van der Waals surface area contributed by atoms with Crippen LogP contribution in [0.4, 0.5) is 4.79 Å². The lowest BCUT2D eigenvalue weighted by atomic mass is 10.2. The normalized spacial score (nSPS) is 17.1. The van der Waals surface area contributed by atoms with Crippen LogP contribution in [0.5, 0.6) is 0 Å². The molecule has 1 amide bonds. The van der Waals surface area contributed by atoms with E-state index in [0.717, 1.165) is 10.6 Å². The van der Waals surface area contributed by atoms with Gasteiger partial charge in [-0.1, -0.05) is 30.3 Å². The minimum atomic E-state index is -0.724. The fraction of sp³-hybridized carbons (Fsp3) is 0.357. The first-order chi connectivity index (χ1) is 9.72. The number of esters is 1. The van der Waals surface area contributed by atoms with Crippen LogP contribution in [-0.2, 0) is 20.9 Å². The van der Waals surface area contributed by atoms with Crippen molar-refractivity contribution in [2.24, 2.45) is 5.10 Å². The highest BCUT2D eigenvalue weighted by Crippen LogP contribution is 2.15. The van der Waals surface area contributed by atoms with Crippen molar-refractivity contribution in [3.8, 4) is 0 Å². The number of carbonyl (C=O) groups excluding carboxylic acids is 2. The van der Waals surface area contributed by atoms with E-state index in [0.29, 0.717) is 6.42 Å². The summed E-state index contributed by atoms with van der Waals surface area (Å²) in [5.41, 5.74) is 0.872. The molecule has 6 heteroatoms. The lowest BCUT2D eigenvalue weighted by Crippen LogP contribution is -2.39. The van der Waals surface area contributed by atoms with Crippen LogP contribution < -0.4 is 0 Å². The lowest BCUT2D eigenvalue weighted by Gasteiger charge is -2.19. The van der Waals surface area contributed by atoms with Crippen LogP contribution in [-0.4, -0.2) is 35.9 Å². The van der Waals surface area contributed by atoms with Crippen LogP contribution in [0.2, 0.25) is 0 Å². The maximum atomic E-state index is 11.9. The predicted molar refractivity (Wildman–Crippen MR) is 72.0 cm³/mol. The second-order valence-electron chi connectivity index (χ2n) is 4.19. The summed E-state index contributed by atoms with van der Waals surface area (Å²) in [6, 6.07) is 8.58. The molecule has 1 unspecified atom stereocenters. The molecule has 1 aliphatic heterocycles. The molecule has 20 heavy (non-hydrogen) atoms. The molecule has 0 radical (unpaired) electrons. The third-order valence-electron chi connectivity index (χ3n) is 2.78. The van der Waals surface area contributed by atoms with Crippen molar-refractivity contribution in [1.82, 2.24) is 5.01 Å². The summed E-state index contributed by atoms with van der Waals surface area (Å²) in [6.07, 6.45) is 1.20. The van der Waals surface area contributed by atoms with E-state index in [4.69, 9.17) is 9.47 Å². The molecule has 106 valence electrons. The van der Waals surface area contributed by atoms with Crippen LogP contribution in [0.15, 0.2) is 35.4 Å². The SMILES string of the molecule is CCOC(=O)C1CC=NN1C(=O)OCc1ccccc1. The Morgan fingerprint density at radius 2 is 2.05 bits per heavy atom. The fourth-order valence-corrected chi connectivity index (χ4v) is 1.81. The Bertz CT molecular complexity index is 501. The van der Waals surface area contributed by atoms with Crippen LogP contribution in [0, 0.1) is 0 Å². The quantitative estimate of drug-likeness (QED) is 0.788. The number of nitrogens with zero attached hydrogens (tertiary/aromatic N) is 2. The molecule has 0 bridgehead atoms. The van der Waals surface area contributed by atoms with E-state index in [2.05, 4.69) is 5.10 Å². The monoisotopic (exact) mass is 276 g/mol. The molecule has 2 rings (SSSR count). The number of hydrogen-bond donors (Lipinski definition) is 0. The van der Waals surface area contributed by atoms with Gasteiger partial charge in [0, 0.05) is 12.6 Å². The van der Waals surface area contributed by atoms with E-state index < -0.39 is 18.1 Å². The summed E-state index contributed by atoms with van der Waals surface area (Å²) in [5.74, 6) is -0.471. The molecule has 1 aliphatic rings. The molecular formula is C14H16N2O4. The number of carbonyl (C=O) groups is 2. The molecule has 1 aromatic rings. The van der Waals surface area contributed by atoms with Crippen molar-refractivity contribution in [2.45, 2.75) is 26.0 Å². The van der Waals surface area contributed by atoms with Gasteiger partial charge in [0.25, 0.3) is 0 Å². The Kier molecular flexibility index (Phi) is 4.70. The van der Waals surface area contributed by atoms with E-state index >= 15 is 0 Å². The number of benzene rings is 1. The van der Waals surface area contributed by atoms with Gasteiger partial charge in [-0.25, -0.2) is 9.59 Å². The smallest absolute Gasteiger partial charge is 0.431 e. The molecule has 0 saturated carbocycles. The third-order valence-corrected chi connectivity index (χ3v) is 2.78. The average molecular weight is 276 g/mol. The first-order valence-electron chi connectivity index (χ1n) is 6.41. The van der Waals surface area contributed by atoms with Gasteiger partial charge in [-0.05, 0) is 12.5 Å². The molecule has 6 nitrogen and oxygen atoms in total. The van der Waals surface area contributed by atoms with Gasteiger partial charge in [0.2, 0.25) is 0 Å². The molecule has 0 N–H and O–H groups in total. The number of ether oxygens (including phenoxy) is 2. The standard InChI is InChI=1S/C14H16N2O4/c1-2-19-13(17)12-8-9-15-16(12)14(18)20-10-11-6-4-3-5-7-11/h3-7,9,12H,2,8,10H2,1H3. The van der Waals surface area contributed by atoms with Crippen LogP contribution in [0.25, 0.3) is 0 Å². The Balaban J connectivity index is 1.91. The lowest BCUT2D eigenvalue weighted by molar-refractivity contribution is -0.148. The minimum absolute atomic E-state index is 0.140. The zero-order valence-electron chi connectivity index (χ0n) is 11.2. The van der Waals surface area contributed by atoms with Gasteiger partial charge in [0.15, 0.2) is 6.04 Å². The van der Waals surface area contributed by atoms with Crippen LogP contribution >= 0.6 is 0 Å². The number of hydrazone groups is 1. The molecule has 0 aromatic heterocycles. The van der Waals surface area contributed by atoms with Gasteiger partial charge in [-0.15, -0.1) is 0 Å². The molecule has 0 fully saturated rings. The van der Waals surface area contributed by atoms with E-state index in [1.807, 2.05) is 30.3 Å². The second kappa shape index (κ2) is 6.70. The summed E-state index contributed by atoms with van der Waals surface area (Å²) >= 11 is 0. The highest BCUT2D eigenvalue weighted by atomic mass is 16.6.